The third kappa shape index (κ3) is 5.13. The summed E-state index contributed by atoms with van der Waals surface area (Å²) in [6.07, 6.45) is 0.184. The first-order valence-electron chi connectivity index (χ1n) is 12.2. The van der Waals surface area contributed by atoms with E-state index < -0.39 is 6.04 Å². The molecule has 1 aliphatic rings. The van der Waals surface area contributed by atoms with E-state index in [1.165, 1.54) is 0 Å². The molecule has 1 amide bonds. The van der Waals surface area contributed by atoms with Crippen molar-refractivity contribution in [1.82, 2.24) is 15.2 Å². The lowest BCUT2D eigenvalue weighted by Gasteiger charge is -2.29. The van der Waals surface area contributed by atoms with Crippen LogP contribution >= 0.6 is 0 Å². The van der Waals surface area contributed by atoms with Crippen LogP contribution in [0.25, 0.3) is 22.2 Å². The maximum atomic E-state index is 14.1. The highest BCUT2D eigenvalue weighted by atomic mass is 16.5. The molecule has 5 rings (SSSR count). The normalized spacial score (nSPS) is 14.8. The number of ether oxygens (including phenoxy) is 1. The van der Waals surface area contributed by atoms with Gasteiger partial charge in [0.15, 0.2) is 0 Å². The van der Waals surface area contributed by atoms with Gasteiger partial charge in [0, 0.05) is 36.1 Å². The van der Waals surface area contributed by atoms with Crippen LogP contribution in [-0.2, 0) is 11.3 Å². The second kappa shape index (κ2) is 11.1. The lowest BCUT2D eigenvalue weighted by Crippen LogP contribution is -2.37. The van der Waals surface area contributed by atoms with E-state index in [1.54, 1.807) is 0 Å². The minimum Gasteiger partial charge on any atom is -0.379 e. The fourth-order valence-corrected chi connectivity index (χ4v) is 4.74. The van der Waals surface area contributed by atoms with Crippen LogP contribution in [0.15, 0.2) is 84.9 Å². The van der Waals surface area contributed by atoms with E-state index in [-0.39, 0.29) is 12.3 Å². The topological polar surface area (TPSA) is 78.2 Å². The van der Waals surface area contributed by atoms with Crippen LogP contribution in [0.2, 0.25) is 0 Å². The van der Waals surface area contributed by atoms with Crippen LogP contribution in [0.4, 0.5) is 0 Å². The number of carbonyl (C=O) groups is 1. The molecular formula is C30H28N4O2. The number of aromatic nitrogens is 1. The maximum Gasteiger partial charge on any atom is 0.252 e. The molecule has 36 heavy (non-hydrogen) atoms. The predicted octanol–water partition coefficient (Wildman–Crippen LogP) is 5.12. The van der Waals surface area contributed by atoms with Crippen LogP contribution in [0.5, 0.6) is 0 Å². The zero-order valence-corrected chi connectivity index (χ0v) is 20.1. The first kappa shape index (κ1) is 23.7. The second-order valence-corrected chi connectivity index (χ2v) is 8.88. The van der Waals surface area contributed by atoms with Crippen molar-refractivity contribution in [2.45, 2.75) is 19.0 Å². The third-order valence-electron chi connectivity index (χ3n) is 6.56. The van der Waals surface area contributed by atoms with Gasteiger partial charge >= 0.3 is 0 Å². The van der Waals surface area contributed by atoms with Gasteiger partial charge in [-0.2, -0.15) is 5.26 Å². The van der Waals surface area contributed by atoms with Gasteiger partial charge in [-0.3, -0.25) is 9.69 Å². The summed E-state index contributed by atoms with van der Waals surface area (Å²) < 4.78 is 5.56. The number of morpholine rings is 1. The molecule has 0 bridgehead atoms. The number of pyridine rings is 1. The van der Waals surface area contributed by atoms with Gasteiger partial charge in [-0.05, 0) is 11.6 Å². The van der Waals surface area contributed by atoms with Crippen LogP contribution < -0.4 is 5.32 Å². The number of hydrogen-bond acceptors (Lipinski definition) is 5. The minimum absolute atomic E-state index is 0.184. The number of rotatable bonds is 7. The average Bonchev–Trinajstić information content (AvgIpc) is 2.94. The molecule has 6 heteroatoms. The van der Waals surface area contributed by atoms with E-state index >= 15 is 0 Å². The molecule has 3 aromatic carbocycles. The van der Waals surface area contributed by atoms with Crippen LogP contribution in [0.3, 0.4) is 0 Å². The summed E-state index contributed by atoms with van der Waals surface area (Å²) in [5, 5.41) is 13.5. The number of para-hydroxylation sites is 1. The van der Waals surface area contributed by atoms with Gasteiger partial charge in [-0.15, -0.1) is 0 Å². The average molecular weight is 477 g/mol. The first-order valence-corrected chi connectivity index (χ1v) is 12.2. The molecule has 0 aliphatic carbocycles. The van der Waals surface area contributed by atoms with Crippen molar-refractivity contribution in [1.29, 1.82) is 5.26 Å². The largest absolute Gasteiger partial charge is 0.379 e. The standard InChI is InChI=1S/C30H28N4O2/c31-16-15-26(22-9-3-1-4-10-22)33-30(35)28-24-13-7-8-14-27(24)32-29(23-11-5-2-6-12-23)25(28)21-34-17-19-36-20-18-34/h1-14,26H,15,17-21H2,(H,33,35). The van der Waals surface area contributed by atoms with Crippen LogP contribution in [-0.4, -0.2) is 42.1 Å². The molecule has 1 fully saturated rings. The van der Waals surface area contributed by atoms with Crippen molar-refractivity contribution >= 4 is 16.8 Å². The van der Waals surface area contributed by atoms with E-state index in [2.05, 4.69) is 16.3 Å². The van der Waals surface area contributed by atoms with E-state index in [1.807, 2.05) is 84.9 Å². The number of nitriles is 1. The van der Waals surface area contributed by atoms with Gasteiger partial charge in [-0.25, -0.2) is 4.98 Å². The van der Waals surface area contributed by atoms with E-state index in [0.717, 1.165) is 46.4 Å². The van der Waals surface area contributed by atoms with Gasteiger partial charge in [0.25, 0.3) is 5.91 Å². The summed E-state index contributed by atoms with van der Waals surface area (Å²) in [6.45, 7) is 3.51. The van der Waals surface area contributed by atoms with Crippen molar-refractivity contribution in [3.63, 3.8) is 0 Å². The molecule has 0 saturated carbocycles. The summed E-state index contributed by atoms with van der Waals surface area (Å²) in [6, 6.07) is 29.3. The molecule has 6 nitrogen and oxygen atoms in total. The molecule has 4 aromatic rings. The monoisotopic (exact) mass is 476 g/mol. The molecule has 180 valence electrons. The van der Waals surface area contributed by atoms with Crippen molar-refractivity contribution < 1.29 is 9.53 Å². The summed E-state index contributed by atoms with van der Waals surface area (Å²) in [4.78, 5) is 21.4. The van der Waals surface area contributed by atoms with Gasteiger partial charge in [0.05, 0.1) is 48.5 Å². The van der Waals surface area contributed by atoms with Crippen LogP contribution in [0, 0.1) is 11.3 Å². The Hall–Kier alpha value is -4.05. The first-order chi connectivity index (χ1) is 17.7. The van der Waals surface area contributed by atoms with Crippen molar-refractivity contribution in [3.05, 3.63) is 102 Å². The molecule has 0 spiro atoms. The Morgan fingerprint density at radius 2 is 1.64 bits per heavy atom. The molecule has 0 radical (unpaired) electrons. The molecule has 1 atom stereocenters. The minimum atomic E-state index is -0.410. The number of benzene rings is 3. The quantitative estimate of drug-likeness (QED) is 0.401. The SMILES string of the molecule is N#CCC(NC(=O)c1c(CN2CCOCC2)c(-c2ccccc2)nc2ccccc12)c1ccccc1. The van der Waals surface area contributed by atoms with Crippen LogP contribution in [0.1, 0.15) is 33.9 Å². The zero-order chi connectivity index (χ0) is 24.7. The second-order valence-electron chi connectivity index (χ2n) is 8.88. The van der Waals surface area contributed by atoms with Crippen molar-refractivity contribution in [2.24, 2.45) is 0 Å². The Morgan fingerprint density at radius 1 is 0.972 bits per heavy atom. The Morgan fingerprint density at radius 3 is 2.36 bits per heavy atom. The summed E-state index contributed by atoms with van der Waals surface area (Å²) in [7, 11) is 0. The van der Waals surface area contributed by atoms with Crippen molar-refractivity contribution in [2.75, 3.05) is 26.3 Å². The molecule has 1 unspecified atom stereocenters. The number of nitrogens with one attached hydrogen (secondary N) is 1. The van der Waals surface area contributed by atoms with E-state index in [4.69, 9.17) is 9.72 Å². The molecular weight excluding hydrogens is 448 g/mol. The smallest absolute Gasteiger partial charge is 0.252 e. The van der Waals surface area contributed by atoms with Gasteiger partial charge in [-0.1, -0.05) is 78.9 Å². The Balaban J connectivity index is 1.65. The molecule has 2 heterocycles. The van der Waals surface area contributed by atoms with Gasteiger partial charge < -0.3 is 10.1 Å². The number of carbonyl (C=O) groups excluding carboxylic acids is 1. The highest BCUT2D eigenvalue weighted by molar-refractivity contribution is 6.09. The Labute approximate surface area is 211 Å². The molecule has 1 N–H and O–H groups in total. The van der Waals surface area contributed by atoms with E-state index in [9.17, 15) is 10.1 Å². The fraction of sp³-hybridized carbons (Fsp3) is 0.233. The lowest BCUT2D eigenvalue weighted by molar-refractivity contribution is 0.0341. The molecule has 1 saturated heterocycles. The lowest BCUT2D eigenvalue weighted by atomic mass is 9.94. The van der Waals surface area contributed by atoms with E-state index in [0.29, 0.717) is 25.3 Å². The highest BCUT2D eigenvalue weighted by Crippen LogP contribution is 2.32. The van der Waals surface area contributed by atoms with Gasteiger partial charge in [0.2, 0.25) is 0 Å². The number of hydrogen-bond donors (Lipinski definition) is 1. The molecule has 1 aliphatic heterocycles. The van der Waals surface area contributed by atoms with Gasteiger partial charge in [0.1, 0.15) is 0 Å². The summed E-state index contributed by atoms with van der Waals surface area (Å²) >= 11 is 0. The Kier molecular flexibility index (Phi) is 7.32. The predicted molar refractivity (Wildman–Crippen MR) is 140 cm³/mol. The number of nitrogens with zero attached hydrogens (tertiary/aromatic N) is 3. The molecule has 1 aromatic heterocycles. The summed E-state index contributed by atoms with van der Waals surface area (Å²) in [5.41, 5.74) is 4.96. The number of amides is 1. The fourth-order valence-electron chi connectivity index (χ4n) is 4.74. The number of fused-ring (bicyclic) bond motifs is 1. The maximum absolute atomic E-state index is 14.1. The summed E-state index contributed by atoms with van der Waals surface area (Å²) in [5.74, 6) is -0.196. The highest BCUT2D eigenvalue weighted by Gasteiger charge is 2.26. The zero-order valence-electron chi connectivity index (χ0n) is 20.1. The van der Waals surface area contributed by atoms with Crippen molar-refractivity contribution in [3.8, 4) is 17.3 Å². The third-order valence-corrected chi connectivity index (χ3v) is 6.56. The Bertz CT molecular complexity index is 1380.